The minimum absolute atomic E-state index is 0.294. The van der Waals surface area contributed by atoms with Gasteiger partial charge in [0.1, 0.15) is 0 Å². The average molecular weight is 271 g/mol. The van der Waals surface area contributed by atoms with Crippen molar-refractivity contribution in [1.82, 2.24) is 4.72 Å². The Labute approximate surface area is 107 Å². The van der Waals surface area contributed by atoms with E-state index in [1.54, 1.807) is 6.92 Å². The van der Waals surface area contributed by atoms with Crippen LogP contribution in [0, 0.1) is 0 Å². The molecule has 0 saturated carbocycles. The quantitative estimate of drug-likeness (QED) is 0.904. The SMILES string of the molecule is C[C@@H](NS(C)(=O)=O)c1ccc2c(c1)OCCCO2. The van der Waals surface area contributed by atoms with E-state index in [1.807, 2.05) is 18.2 Å². The Morgan fingerprint density at radius 3 is 2.56 bits per heavy atom. The van der Waals surface area contributed by atoms with Gasteiger partial charge in [-0.05, 0) is 24.6 Å². The highest BCUT2D eigenvalue weighted by Crippen LogP contribution is 2.32. The summed E-state index contributed by atoms with van der Waals surface area (Å²) in [5.41, 5.74) is 0.852. The zero-order valence-corrected chi connectivity index (χ0v) is 11.3. The van der Waals surface area contributed by atoms with Gasteiger partial charge in [-0.25, -0.2) is 13.1 Å². The van der Waals surface area contributed by atoms with E-state index in [4.69, 9.17) is 9.47 Å². The molecule has 2 rings (SSSR count). The molecule has 0 aromatic heterocycles. The Morgan fingerprint density at radius 1 is 1.22 bits per heavy atom. The van der Waals surface area contributed by atoms with Crippen LogP contribution in [0.4, 0.5) is 0 Å². The molecule has 1 aromatic rings. The van der Waals surface area contributed by atoms with Crippen LogP contribution in [0.25, 0.3) is 0 Å². The first-order valence-corrected chi connectivity index (χ1v) is 7.72. The molecule has 18 heavy (non-hydrogen) atoms. The summed E-state index contributed by atoms with van der Waals surface area (Å²) < 4.78 is 36.0. The number of benzene rings is 1. The van der Waals surface area contributed by atoms with E-state index in [2.05, 4.69) is 4.72 Å². The first kappa shape index (κ1) is 13.2. The molecule has 0 spiro atoms. The first-order valence-electron chi connectivity index (χ1n) is 5.82. The summed E-state index contributed by atoms with van der Waals surface area (Å²) in [7, 11) is -3.22. The van der Waals surface area contributed by atoms with Crippen molar-refractivity contribution >= 4 is 10.0 Å². The second kappa shape index (κ2) is 5.16. The minimum Gasteiger partial charge on any atom is -0.490 e. The molecule has 1 aliphatic rings. The Morgan fingerprint density at radius 2 is 1.89 bits per heavy atom. The molecule has 0 bridgehead atoms. The highest BCUT2D eigenvalue weighted by Gasteiger charge is 2.15. The van der Waals surface area contributed by atoms with Crippen molar-refractivity contribution in [2.75, 3.05) is 19.5 Å². The van der Waals surface area contributed by atoms with Crippen molar-refractivity contribution in [3.63, 3.8) is 0 Å². The highest BCUT2D eigenvalue weighted by molar-refractivity contribution is 7.88. The lowest BCUT2D eigenvalue weighted by Gasteiger charge is -2.15. The second-order valence-electron chi connectivity index (χ2n) is 4.37. The van der Waals surface area contributed by atoms with E-state index in [-0.39, 0.29) is 6.04 Å². The van der Waals surface area contributed by atoms with E-state index in [0.717, 1.165) is 18.2 Å². The maximum Gasteiger partial charge on any atom is 0.209 e. The third-order valence-corrected chi connectivity index (χ3v) is 3.44. The van der Waals surface area contributed by atoms with Crippen LogP contribution < -0.4 is 14.2 Å². The first-order chi connectivity index (χ1) is 8.46. The van der Waals surface area contributed by atoms with Crippen LogP contribution in [0.5, 0.6) is 11.5 Å². The molecule has 0 amide bonds. The number of nitrogens with one attached hydrogen (secondary N) is 1. The zero-order chi connectivity index (χ0) is 13.2. The molecule has 0 fully saturated rings. The lowest BCUT2D eigenvalue weighted by atomic mass is 10.1. The van der Waals surface area contributed by atoms with Gasteiger partial charge >= 0.3 is 0 Å². The molecule has 100 valence electrons. The molecule has 1 aliphatic heterocycles. The molecule has 1 atom stereocenters. The van der Waals surface area contributed by atoms with Gasteiger partial charge in [-0.1, -0.05) is 6.07 Å². The predicted octanol–water partition coefficient (Wildman–Crippen LogP) is 1.46. The molecule has 1 N–H and O–H groups in total. The number of ether oxygens (including phenoxy) is 2. The Kier molecular flexibility index (Phi) is 3.77. The van der Waals surface area contributed by atoms with Gasteiger partial charge in [-0.3, -0.25) is 0 Å². The van der Waals surface area contributed by atoms with Gasteiger partial charge in [0.25, 0.3) is 0 Å². The van der Waals surface area contributed by atoms with Crippen LogP contribution in [0.3, 0.4) is 0 Å². The number of hydrogen-bond acceptors (Lipinski definition) is 4. The minimum atomic E-state index is -3.22. The van der Waals surface area contributed by atoms with Gasteiger partial charge in [-0.15, -0.1) is 0 Å². The number of fused-ring (bicyclic) bond motifs is 1. The Hall–Kier alpha value is -1.27. The summed E-state index contributed by atoms with van der Waals surface area (Å²) >= 11 is 0. The summed E-state index contributed by atoms with van der Waals surface area (Å²) in [6.45, 7) is 3.05. The van der Waals surface area contributed by atoms with Crippen LogP contribution in [0.2, 0.25) is 0 Å². The fraction of sp³-hybridized carbons (Fsp3) is 0.500. The standard InChI is InChI=1S/C12H17NO4S/c1-9(13-18(2,14)15)10-4-5-11-12(8-10)17-7-3-6-16-11/h4-5,8-9,13H,3,6-7H2,1-2H3/t9-/m1/s1. The summed E-state index contributed by atoms with van der Waals surface area (Å²) in [5, 5.41) is 0. The fourth-order valence-electron chi connectivity index (χ4n) is 1.84. The molecule has 1 heterocycles. The summed E-state index contributed by atoms with van der Waals surface area (Å²) in [4.78, 5) is 0. The zero-order valence-electron chi connectivity index (χ0n) is 10.5. The molecule has 6 heteroatoms. The lowest BCUT2D eigenvalue weighted by molar-refractivity contribution is 0.297. The Balaban J connectivity index is 2.22. The van der Waals surface area contributed by atoms with Crippen molar-refractivity contribution in [2.24, 2.45) is 0 Å². The third-order valence-electron chi connectivity index (χ3n) is 2.66. The van der Waals surface area contributed by atoms with Gasteiger partial charge in [-0.2, -0.15) is 0 Å². The Bertz CT molecular complexity index is 527. The van der Waals surface area contributed by atoms with Crippen molar-refractivity contribution in [2.45, 2.75) is 19.4 Å². The van der Waals surface area contributed by atoms with Crippen molar-refractivity contribution < 1.29 is 17.9 Å². The molecule has 0 aliphatic carbocycles. The second-order valence-corrected chi connectivity index (χ2v) is 6.15. The number of sulfonamides is 1. The van der Waals surface area contributed by atoms with E-state index >= 15 is 0 Å². The van der Waals surface area contributed by atoms with Crippen LogP contribution in [-0.2, 0) is 10.0 Å². The summed E-state index contributed by atoms with van der Waals surface area (Å²) in [6.07, 6.45) is 1.99. The molecule has 0 saturated heterocycles. The van der Waals surface area contributed by atoms with Gasteiger partial charge in [0.2, 0.25) is 10.0 Å². The van der Waals surface area contributed by atoms with Crippen LogP contribution in [0.15, 0.2) is 18.2 Å². The number of hydrogen-bond donors (Lipinski definition) is 1. The van der Waals surface area contributed by atoms with Crippen LogP contribution in [0.1, 0.15) is 24.9 Å². The molecular weight excluding hydrogens is 254 g/mol. The van der Waals surface area contributed by atoms with E-state index in [9.17, 15) is 8.42 Å². The van der Waals surface area contributed by atoms with E-state index in [0.29, 0.717) is 24.7 Å². The molecule has 5 nitrogen and oxygen atoms in total. The van der Waals surface area contributed by atoms with Crippen LogP contribution in [-0.4, -0.2) is 27.9 Å². The van der Waals surface area contributed by atoms with Crippen molar-refractivity contribution in [3.05, 3.63) is 23.8 Å². The van der Waals surface area contributed by atoms with E-state index in [1.165, 1.54) is 0 Å². The molecular formula is C12H17NO4S. The number of rotatable bonds is 3. The third kappa shape index (κ3) is 3.36. The summed E-state index contributed by atoms with van der Waals surface area (Å²) in [5.74, 6) is 1.38. The van der Waals surface area contributed by atoms with Crippen molar-refractivity contribution in [1.29, 1.82) is 0 Å². The maximum absolute atomic E-state index is 11.2. The normalized spacial score (nSPS) is 17.0. The van der Waals surface area contributed by atoms with Gasteiger partial charge in [0.05, 0.1) is 19.5 Å². The molecule has 0 radical (unpaired) electrons. The van der Waals surface area contributed by atoms with Gasteiger partial charge in [0.15, 0.2) is 11.5 Å². The monoisotopic (exact) mass is 271 g/mol. The fourth-order valence-corrected chi connectivity index (χ4v) is 2.62. The smallest absolute Gasteiger partial charge is 0.209 e. The van der Waals surface area contributed by atoms with E-state index < -0.39 is 10.0 Å². The topological polar surface area (TPSA) is 64.6 Å². The lowest BCUT2D eigenvalue weighted by Crippen LogP contribution is -2.25. The van der Waals surface area contributed by atoms with Crippen LogP contribution >= 0.6 is 0 Å². The van der Waals surface area contributed by atoms with Crippen molar-refractivity contribution in [3.8, 4) is 11.5 Å². The predicted molar refractivity (Wildman–Crippen MR) is 68.4 cm³/mol. The average Bonchev–Trinajstić information content (AvgIpc) is 2.50. The van der Waals surface area contributed by atoms with Gasteiger partial charge in [0, 0.05) is 12.5 Å². The molecule has 1 aromatic carbocycles. The highest BCUT2D eigenvalue weighted by atomic mass is 32.2. The summed E-state index contributed by atoms with van der Waals surface area (Å²) in [6, 6.07) is 5.19. The largest absolute Gasteiger partial charge is 0.490 e. The molecule has 0 unspecified atom stereocenters. The van der Waals surface area contributed by atoms with Gasteiger partial charge < -0.3 is 9.47 Å². The maximum atomic E-state index is 11.2.